The fourth-order valence-electron chi connectivity index (χ4n) is 3.67. The third kappa shape index (κ3) is 3.36. The molecule has 1 N–H and O–H groups in total. The topological polar surface area (TPSA) is 75.4 Å². The van der Waals surface area contributed by atoms with Gasteiger partial charge in [-0.3, -0.25) is 4.79 Å². The summed E-state index contributed by atoms with van der Waals surface area (Å²) in [5.74, 6) is 0.193. The first-order valence-corrected chi connectivity index (χ1v) is 10.4. The number of fused-ring (bicyclic) bond motifs is 2. The van der Waals surface area contributed by atoms with Crippen molar-refractivity contribution in [3.63, 3.8) is 0 Å². The Morgan fingerprint density at radius 3 is 2.79 bits per heavy atom. The Labute approximate surface area is 172 Å². The zero-order valence-corrected chi connectivity index (χ0v) is 17.0. The summed E-state index contributed by atoms with van der Waals surface area (Å²) in [4.78, 5) is 25.0. The lowest BCUT2D eigenvalue weighted by Crippen LogP contribution is -2.29. The van der Waals surface area contributed by atoms with E-state index in [2.05, 4.69) is 36.7 Å². The molecule has 1 aliphatic heterocycles. The molecule has 5 rings (SSSR count). The average Bonchev–Trinajstić information content (AvgIpc) is 3.35. The third-order valence-electron chi connectivity index (χ3n) is 5.12. The molecule has 146 valence electrons. The van der Waals surface area contributed by atoms with Gasteiger partial charge in [0.15, 0.2) is 0 Å². The summed E-state index contributed by atoms with van der Waals surface area (Å²) in [5.41, 5.74) is 5.01. The van der Waals surface area contributed by atoms with Crippen LogP contribution in [0.25, 0.3) is 5.78 Å². The van der Waals surface area contributed by atoms with Crippen molar-refractivity contribution in [3.8, 4) is 0 Å². The molecule has 0 saturated heterocycles. The van der Waals surface area contributed by atoms with Crippen molar-refractivity contribution in [3.05, 3.63) is 69.4 Å². The van der Waals surface area contributed by atoms with Gasteiger partial charge < -0.3 is 10.2 Å². The van der Waals surface area contributed by atoms with Crippen LogP contribution >= 0.6 is 11.3 Å². The molecule has 0 saturated carbocycles. The summed E-state index contributed by atoms with van der Waals surface area (Å²) in [6, 6.07) is 12.0. The van der Waals surface area contributed by atoms with Gasteiger partial charge in [0.05, 0.1) is 0 Å². The zero-order chi connectivity index (χ0) is 20.0. The van der Waals surface area contributed by atoms with Crippen molar-refractivity contribution in [2.45, 2.75) is 26.8 Å². The van der Waals surface area contributed by atoms with E-state index in [1.54, 1.807) is 4.52 Å². The molecule has 1 aliphatic rings. The smallest absolute Gasteiger partial charge is 0.295 e. The van der Waals surface area contributed by atoms with E-state index in [9.17, 15) is 4.79 Å². The van der Waals surface area contributed by atoms with Crippen LogP contribution in [0.1, 0.15) is 32.4 Å². The van der Waals surface area contributed by atoms with E-state index in [1.807, 2.05) is 55.5 Å². The fraction of sp³-hybridized carbons (Fsp3) is 0.238. The normalized spacial score (nSPS) is 13.5. The summed E-state index contributed by atoms with van der Waals surface area (Å²) in [6.07, 6.45) is 1.08. The number of carbonyl (C=O) groups excluding carboxylic acids is 1. The van der Waals surface area contributed by atoms with Crippen LogP contribution in [0.5, 0.6) is 0 Å². The summed E-state index contributed by atoms with van der Waals surface area (Å²) in [5, 5.41) is 9.32. The van der Waals surface area contributed by atoms with Crippen LogP contribution in [0.2, 0.25) is 0 Å². The maximum atomic E-state index is 12.6. The quantitative estimate of drug-likeness (QED) is 0.564. The second kappa shape index (κ2) is 6.97. The molecule has 1 amide bonds. The molecule has 0 atom stereocenters. The number of aromatic nitrogens is 4. The van der Waals surface area contributed by atoms with Crippen LogP contribution in [0.15, 0.2) is 41.8 Å². The van der Waals surface area contributed by atoms with Gasteiger partial charge in [0.2, 0.25) is 5.82 Å². The van der Waals surface area contributed by atoms with E-state index in [0.29, 0.717) is 11.5 Å². The molecular formula is C21H20N6OS. The predicted octanol–water partition coefficient (Wildman–Crippen LogP) is 3.62. The second-order valence-electron chi connectivity index (χ2n) is 7.23. The Morgan fingerprint density at radius 2 is 1.97 bits per heavy atom. The number of rotatable bonds is 3. The first-order chi connectivity index (χ1) is 14.1. The Bertz CT molecular complexity index is 1210. The van der Waals surface area contributed by atoms with Crippen molar-refractivity contribution in [1.29, 1.82) is 0 Å². The van der Waals surface area contributed by atoms with E-state index in [1.165, 1.54) is 10.4 Å². The van der Waals surface area contributed by atoms with Crippen LogP contribution in [0.3, 0.4) is 0 Å². The van der Waals surface area contributed by atoms with Gasteiger partial charge in [-0.15, -0.1) is 16.4 Å². The minimum Gasteiger partial charge on any atom is -0.367 e. The fourth-order valence-corrected chi connectivity index (χ4v) is 4.56. The molecule has 0 radical (unpaired) electrons. The molecule has 0 spiro atoms. The highest BCUT2D eigenvalue weighted by molar-refractivity contribution is 7.10. The number of thiophene rings is 1. The van der Waals surface area contributed by atoms with Crippen molar-refractivity contribution in [2.24, 2.45) is 0 Å². The standard InChI is InChI=1S/C21H20N6OS/c1-13-11-14(2)27-21(22-13)24-19(25-27)20(28)23-16-3-5-17(6-4-16)26-9-7-18-15(12-26)8-10-29-18/h3-6,8,10-11H,7,9,12H2,1-2H3,(H,23,28). The van der Waals surface area contributed by atoms with Crippen molar-refractivity contribution in [1.82, 2.24) is 19.6 Å². The number of hydrogen-bond acceptors (Lipinski definition) is 6. The van der Waals surface area contributed by atoms with E-state index in [0.717, 1.165) is 36.6 Å². The van der Waals surface area contributed by atoms with Gasteiger partial charge in [-0.1, -0.05) is 0 Å². The van der Waals surface area contributed by atoms with Gasteiger partial charge in [-0.2, -0.15) is 4.98 Å². The van der Waals surface area contributed by atoms with E-state index in [-0.39, 0.29) is 11.7 Å². The molecule has 29 heavy (non-hydrogen) atoms. The van der Waals surface area contributed by atoms with Crippen molar-refractivity contribution in [2.75, 3.05) is 16.8 Å². The average molecular weight is 404 g/mol. The number of amides is 1. The molecule has 1 aromatic carbocycles. The molecule has 8 heteroatoms. The maximum Gasteiger partial charge on any atom is 0.295 e. The first kappa shape index (κ1) is 17.8. The van der Waals surface area contributed by atoms with Gasteiger partial charge in [0.25, 0.3) is 11.7 Å². The highest BCUT2D eigenvalue weighted by Gasteiger charge is 2.18. The number of anilines is 2. The van der Waals surface area contributed by atoms with E-state index in [4.69, 9.17) is 0 Å². The monoisotopic (exact) mass is 404 g/mol. The summed E-state index contributed by atoms with van der Waals surface area (Å²) in [7, 11) is 0. The lowest BCUT2D eigenvalue weighted by atomic mass is 10.1. The molecule has 4 heterocycles. The number of hydrogen-bond donors (Lipinski definition) is 1. The van der Waals surface area contributed by atoms with Crippen LogP contribution < -0.4 is 10.2 Å². The molecule has 0 unspecified atom stereocenters. The van der Waals surface area contributed by atoms with Crippen LogP contribution in [-0.4, -0.2) is 32.0 Å². The van der Waals surface area contributed by atoms with Gasteiger partial charge in [0.1, 0.15) is 0 Å². The number of nitrogens with zero attached hydrogens (tertiary/aromatic N) is 5. The Kier molecular flexibility index (Phi) is 4.28. The summed E-state index contributed by atoms with van der Waals surface area (Å²) in [6.45, 7) is 5.75. The van der Waals surface area contributed by atoms with Crippen LogP contribution in [0, 0.1) is 13.8 Å². The Balaban J connectivity index is 1.31. The molecule has 0 aliphatic carbocycles. The van der Waals surface area contributed by atoms with Crippen molar-refractivity contribution < 1.29 is 4.79 Å². The van der Waals surface area contributed by atoms with Gasteiger partial charge in [-0.25, -0.2) is 9.50 Å². The number of carbonyl (C=O) groups is 1. The number of aryl methyl sites for hydroxylation is 2. The van der Waals surface area contributed by atoms with Gasteiger partial charge in [0, 0.05) is 40.7 Å². The largest absolute Gasteiger partial charge is 0.367 e. The van der Waals surface area contributed by atoms with Gasteiger partial charge >= 0.3 is 0 Å². The molecule has 0 fully saturated rings. The maximum absolute atomic E-state index is 12.6. The van der Waals surface area contributed by atoms with Crippen molar-refractivity contribution >= 4 is 34.4 Å². The molecular weight excluding hydrogens is 384 g/mol. The highest BCUT2D eigenvalue weighted by atomic mass is 32.1. The minimum absolute atomic E-state index is 0.108. The highest BCUT2D eigenvalue weighted by Crippen LogP contribution is 2.28. The summed E-state index contributed by atoms with van der Waals surface area (Å²) < 4.78 is 1.58. The molecule has 4 aromatic rings. The third-order valence-corrected chi connectivity index (χ3v) is 6.14. The SMILES string of the molecule is Cc1cc(C)n2nc(C(=O)Nc3ccc(N4CCc5sccc5C4)cc3)nc2n1. The van der Waals surface area contributed by atoms with E-state index < -0.39 is 0 Å². The number of benzene rings is 1. The molecule has 3 aromatic heterocycles. The lowest BCUT2D eigenvalue weighted by molar-refractivity contribution is 0.101. The number of nitrogens with one attached hydrogen (secondary N) is 1. The van der Waals surface area contributed by atoms with Crippen LogP contribution in [-0.2, 0) is 13.0 Å². The predicted molar refractivity (Wildman–Crippen MR) is 114 cm³/mol. The van der Waals surface area contributed by atoms with Crippen LogP contribution in [0.4, 0.5) is 11.4 Å². The lowest BCUT2D eigenvalue weighted by Gasteiger charge is -2.29. The zero-order valence-electron chi connectivity index (χ0n) is 16.2. The molecule has 0 bridgehead atoms. The Morgan fingerprint density at radius 1 is 1.14 bits per heavy atom. The first-order valence-electron chi connectivity index (χ1n) is 9.49. The Hall–Kier alpha value is -3.26. The van der Waals surface area contributed by atoms with E-state index >= 15 is 0 Å². The second-order valence-corrected chi connectivity index (χ2v) is 8.23. The summed E-state index contributed by atoms with van der Waals surface area (Å²) >= 11 is 1.84. The minimum atomic E-state index is -0.346. The van der Waals surface area contributed by atoms with Gasteiger partial charge in [-0.05, 0) is 67.6 Å². The molecule has 7 nitrogen and oxygen atoms in total.